The number of para-hydroxylation sites is 2. The van der Waals surface area contributed by atoms with Crippen molar-refractivity contribution >= 4 is 60.5 Å². The van der Waals surface area contributed by atoms with E-state index in [4.69, 9.17) is 4.42 Å². The van der Waals surface area contributed by atoms with Crippen molar-refractivity contribution in [2.24, 2.45) is 0 Å². The topological polar surface area (TPSA) is 16.4 Å². The SMILES string of the molecule is c1ccc(-c2cc(-c3ccccc3)cc(N(c3ccccc3)c3c4ccc5ccccc5c4cc4c3oc3ccccc34)c2)cc1. The highest BCUT2D eigenvalue weighted by Gasteiger charge is 2.24. The number of furan rings is 1. The number of benzene rings is 8. The van der Waals surface area contributed by atoms with Gasteiger partial charge in [0.2, 0.25) is 0 Å². The molecule has 46 heavy (non-hydrogen) atoms. The molecule has 1 heterocycles. The summed E-state index contributed by atoms with van der Waals surface area (Å²) in [6.45, 7) is 0. The van der Waals surface area contributed by atoms with Gasteiger partial charge in [-0.15, -0.1) is 0 Å². The smallest absolute Gasteiger partial charge is 0.160 e. The third-order valence-electron chi connectivity index (χ3n) is 8.99. The molecule has 0 bridgehead atoms. The third kappa shape index (κ3) is 4.35. The van der Waals surface area contributed by atoms with Gasteiger partial charge in [0.1, 0.15) is 5.58 Å². The highest BCUT2D eigenvalue weighted by Crippen LogP contribution is 2.48. The lowest BCUT2D eigenvalue weighted by molar-refractivity contribution is 0.669. The molecule has 1 aromatic heterocycles. The Morgan fingerprint density at radius 2 is 0.935 bits per heavy atom. The third-order valence-corrected chi connectivity index (χ3v) is 8.99. The molecule has 0 fully saturated rings. The molecule has 0 amide bonds. The van der Waals surface area contributed by atoms with Crippen molar-refractivity contribution in [3.63, 3.8) is 0 Å². The average Bonchev–Trinajstić information content (AvgIpc) is 3.51. The summed E-state index contributed by atoms with van der Waals surface area (Å²) in [4.78, 5) is 2.39. The molecule has 216 valence electrons. The summed E-state index contributed by atoms with van der Waals surface area (Å²) in [5.74, 6) is 0. The molecular formula is C44H29NO. The van der Waals surface area contributed by atoms with E-state index in [9.17, 15) is 0 Å². The molecule has 0 radical (unpaired) electrons. The largest absolute Gasteiger partial charge is 0.454 e. The monoisotopic (exact) mass is 587 g/mol. The molecule has 0 aliphatic heterocycles. The van der Waals surface area contributed by atoms with Gasteiger partial charge < -0.3 is 9.32 Å². The van der Waals surface area contributed by atoms with Crippen LogP contribution in [0.25, 0.3) is 65.7 Å². The van der Waals surface area contributed by atoms with Gasteiger partial charge >= 0.3 is 0 Å². The summed E-state index contributed by atoms with van der Waals surface area (Å²) in [6.07, 6.45) is 0. The lowest BCUT2D eigenvalue weighted by Crippen LogP contribution is -2.11. The van der Waals surface area contributed by atoms with Crippen LogP contribution >= 0.6 is 0 Å². The van der Waals surface area contributed by atoms with E-state index in [-0.39, 0.29) is 0 Å². The van der Waals surface area contributed by atoms with Crippen LogP contribution in [0, 0.1) is 0 Å². The molecule has 2 nitrogen and oxygen atoms in total. The molecule has 8 aromatic carbocycles. The van der Waals surface area contributed by atoms with Gasteiger partial charge in [-0.05, 0) is 80.9 Å². The maximum atomic E-state index is 6.82. The number of rotatable bonds is 5. The Bertz CT molecular complexity index is 2460. The van der Waals surface area contributed by atoms with Crippen LogP contribution in [0.1, 0.15) is 0 Å². The molecule has 0 unspecified atom stereocenters. The Morgan fingerprint density at radius 1 is 0.348 bits per heavy atom. The average molecular weight is 588 g/mol. The molecule has 9 rings (SSSR count). The summed E-state index contributed by atoms with van der Waals surface area (Å²) < 4.78 is 6.82. The van der Waals surface area contributed by atoms with Crippen molar-refractivity contribution in [3.05, 3.63) is 176 Å². The van der Waals surface area contributed by atoms with Crippen LogP contribution in [0.2, 0.25) is 0 Å². The first-order chi connectivity index (χ1) is 22.8. The number of nitrogens with zero attached hydrogens (tertiary/aromatic N) is 1. The summed E-state index contributed by atoms with van der Waals surface area (Å²) in [7, 11) is 0. The quantitative estimate of drug-likeness (QED) is 0.186. The standard InChI is InChI=1S/C44H29NO/c1-4-14-30(15-5-1)33-26-34(31-16-6-2-7-17-31)28-36(27-33)45(35-19-8-3-9-20-35)43-39-25-24-32-18-10-11-21-37(32)40(39)29-41-38-22-12-13-23-42(38)46-44(41)43/h1-29H. The lowest BCUT2D eigenvalue weighted by Gasteiger charge is -2.28. The molecule has 2 heteroatoms. The minimum atomic E-state index is 0.874. The minimum absolute atomic E-state index is 0.874. The molecule has 0 saturated carbocycles. The van der Waals surface area contributed by atoms with Crippen molar-refractivity contribution in [3.8, 4) is 22.3 Å². The predicted octanol–water partition coefficient (Wildman–Crippen LogP) is 12.7. The number of hydrogen-bond acceptors (Lipinski definition) is 2. The van der Waals surface area contributed by atoms with Crippen LogP contribution in [-0.4, -0.2) is 0 Å². The number of hydrogen-bond donors (Lipinski definition) is 0. The van der Waals surface area contributed by atoms with Gasteiger partial charge in [-0.3, -0.25) is 0 Å². The number of anilines is 3. The van der Waals surface area contributed by atoms with Crippen molar-refractivity contribution in [2.75, 3.05) is 4.90 Å². The minimum Gasteiger partial charge on any atom is -0.454 e. The molecular weight excluding hydrogens is 558 g/mol. The van der Waals surface area contributed by atoms with Crippen LogP contribution in [0.4, 0.5) is 17.1 Å². The molecule has 0 atom stereocenters. The van der Waals surface area contributed by atoms with Gasteiger partial charge in [0, 0.05) is 27.5 Å². The second-order valence-corrected chi connectivity index (χ2v) is 11.8. The molecule has 0 aliphatic rings. The van der Waals surface area contributed by atoms with Gasteiger partial charge in [-0.25, -0.2) is 0 Å². The van der Waals surface area contributed by atoms with Crippen LogP contribution in [0.3, 0.4) is 0 Å². The maximum absolute atomic E-state index is 6.82. The Balaban J connectivity index is 1.44. The van der Waals surface area contributed by atoms with E-state index in [0.717, 1.165) is 55.5 Å². The van der Waals surface area contributed by atoms with E-state index in [0.29, 0.717) is 0 Å². The zero-order valence-corrected chi connectivity index (χ0v) is 25.1. The van der Waals surface area contributed by atoms with Crippen LogP contribution in [-0.2, 0) is 0 Å². The zero-order chi connectivity index (χ0) is 30.5. The Labute approximate surface area is 267 Å². The summed E-state index contributed by atoms with van der Waals surface area (Å²) in [5, 5.41) is 7.01. The molecule has 0 aliphatic carbocycles. The van der Waals surface area contributed by atoms with Gasteiger partial charge in [-0.1, -0.05) is 133 Å². The lowest BCUT2D eigenvalue weighted by atomic mass is 9.95. The molecule has 0 saturated heterocycles. The predicted molar refractivity (Wildman–Crippen MR) is 194 cm³/mol. The second-order valence-electron chi connectivity index (χ2n) is 11.8. The Kier molecular flexibility index (Phi) is 6.17. The maximum Gasteiger partial charge on any atom is 0.160 e. The second kappa shape index (κ2) is 10.8. The van der Waals surface area contributed by atoms with Gasteiger partial charge in [0.05, 0.1) is 5.69 Å². The van der Waals surface area contributed by atoms with Crippen molar-refractivity contribution in [1.82, 2.24) is 0 Å². The Hall–Kier alpha value is -6.12. The van der Waals surface area contributed by atoms with Crippen LogP contribution < -0.4 is 4.90 Å². The van der Waals surface area contributed by atoms with E-state index in [2.05, 4.69) is 175 Å². The summed E-state index contributed by atoms with van der Waals surface area (Å²) >= 11 is 0. The van der Waals surface area contributed by atoms with Crippen molar-refractivity contribution < 1.29 is 4.42 Å². The first-order valence-corrected chi connectivity index (χ1v) is 15.7. The van der Waals surface area contributed by atoms with E-state index >= 15 is 0 Å². The van der Waals surface area contributed by atoms with Gasteiger partial charge in [0.15, 0.2) is 5.58 Å². The Morgan fingerprint density at radius 3 is 1.63 bits per heavy atom. The fraction of sp³-hybridized carbons (Fsp3) is 0. The van der Waals surface area contributed by atoms with Gasteiger partial charge in [0.25, 0.3) is 0 Å². The molecule has 0 N–H and O–H groups in total. The first kappa shape index (κ1) is 26.3. The normalized spacial score (nSPS) is 11.5. The van der Waals surface area contributed by atoms with Gasteiger partial charge in [-0.2, -0.15) is 0 Å². The molecule has 0 spiro atoms. The highest BCUT2D eigenvalue weighted by atomic mass is 16.3. The van der Waals surface area contributed by atoms with E-state index in [1.54, 1.807) is 0 Å². The highest BCUT2D eigenvalue weighted by molar-refractivity contribution is 6.24. The summed E-state index contributed by atoms with van der Waals surface area (Å²) in [6, 6.07) is 62.7. The fourth-order valence-corrected chi connectivity index (χ4v) is 6.85. The number of fused-ring (bicyclic) bond motifs is 6. The van der Waals surface area contributed by atoms with E-state index in [1.165, 1.54) is 27.3 Å². The first-order valence-electron chi connectivity index (χ1n) is 15.7. The van der Waals surface area contributed by atoms with Crippen molar-refractivity contribution in [2.45, 2.75) is 0 Å². The van der Waals surface area contributed by atoms with Crippen LogP contribution in [0.5, 0.6) is 0 Å². The summed E-state index contributed by atoms with van der Waals surface area (Å²) in [5.41, 5.74) is 9.58. The van der Waals surface area contributed by atoms with E-state index in [1.807, 2.05) is 6.07 Å². The van der Waals surface area contributed by atoms with E-state index < -0.39 is 0 Å². The van der Waals surface area contributed by atoms with Crippen molar-refractivity contribution in [1.29, 1.82) is 0 Å². The fourth-order valence-electron chi connectivity index (χ4n) is 6.85. The zero-order valence-electron chi connectivity index (χ0n) is 25.1. The molecule has 9 aromatic rings. The van der Waals surface area contributed by atoms with Crippen LogP contribution in [0.15, 0.2) is 180 Å².